The monoisotopic (exact) mass is 1060 g/mol. The molecule has 0 fully saturated rings. The molecule has 5 aromatic heterocycles. The summed E-state index contributed by atoms with van der Waals surface area (Å²) in [5.41, 5.74) is 12.7. The van der Waals surface area contributed by atoms with Gasteiger partial charge in [-0.05, 0) is 105 Å². The van der Waals surface area contributed by atoms with Gasteiger partial charge >= 0.3 is 0 Å². The summed E-state index contributed by atoms with van der Waals surface area (Å²) in [5.74, 6) is 1.83. The van der Waals surface area contributed by atoms with E-state index in [2.05, 4.69) is 227 Å². The van der Waals surface area contributed by atoms with Crippen molar-refractivity contribution in [2.45, 2.75) is 78.6 Å². The molecule has 0 saturated heterocycles. The van der Waals surface area contributed by atoms with Crippen molar-refractivity contribution in [3.8, 4) is 34.4 Å². The van der Waals surface area contributed by atoms with Crippen LogP contribution < -0.4 is 9.30 Å². The maximum atomic E-state index is 6.66. The number of pyridine rings is 2. The van der Waals surface area contributed by atoms with E-state index in [0.717, 1.165) is 50.0 Å². The second kappa shape index (κ2) is 16.2. The van der Waals surface area contributed by atoms with Gasteiger partial charge in [-0.25, -0.2) is 4.98 Å². The van der Waals surface area contributed by atoms with Gasteiger partial charge < -0.3 is 23.4 Å². The van der Waals surface area contributed by atoms with Gasteiger partial charge in [-0.1, -0.05) is 141 Å². The molecule has 0 bridgehead atoms. The second-order valence-corrected chi connectivity index (χ2v) is 20.6. The zero-order valence-electron chi connectivity index (χ0n) is 39.3. The zero-order valence-corrected chi connectivity index (χ0v) is 41.6. The maximum Gasteiger partial charge on any atom is 0.268 e. The predicted octanol–water partition coefficient (Wildman–Crippen LogP) is 14.0. The molecule has 0 N–H and O–H groups in total. The molecule has 11 rings (SSSR count). The van der Waals surface area contributed by atoms with Crippen molar-refractivity contribution < 1.29 is 30.4 Å². The Labute approximate surface area is 406 Å². The van der Waals surface area contributed by atoms with Crippen LogP contribution in [0, 0.1) is 18.5 Å². The number of ether oxygens (including phenoxy) is 1. The third-order valence-electron chi connectivity index (χ3n) is 12.9. The first kappa shape index (κ1) is 44.0. The molecule has 0 aliphatic carbocycles. The van der Waals surface area contributed by atoms with E-state index >= 15 is 0 Å². The van der Waals surface area contributed by atoms with Crippen molar-refractivity contribution in [1.29, 1.82) is 0 Å². The Morgan fingerprint density at radius 1 is 0.522 bits per heavy atom. The summed E-state index contributed by atoms with van der Waals surface area (Å²) in [7, 11) is 0. The van der Waals surface area contributed by atoms with Gasteiger partial charge in [0.2, 0.25) is 0 Å². The fourth-order valence-electron chi connectivity index (χ4n) is 9.24. The molecule has 0 aliphatic rings. The zero-order chi connectivity index (χ0) is 45.7. The average molecular weight is 1060 g/mol. The molecule has 0 unspecified atom stereocenters. The van der Waals surface area contributed by atoms with Gasteiger partial charge in [-0.2, -0.15) is 6.07 Å². The van der Waals surface area contributed by atoms with E-state index in [9.17, 15) is 0 Å². The molecule has 0 radical (unpaired) electrons. The van der Waals surface area contributed by atoms with Crippen LogP contribution in [-0.2, 0) is 37.3 Å². The van der Waals surface area contributed by atoms with Gasteiger partial charge in [0.15, 0.2) is 0 Å². The number of aromatic nitrogens is 6. The van der Waals surface area contributed by atoms with E-state index in [1.54, 1.807) is 12.4 Å². The third-order valence-corrected chi connectivity index (χ3v) is 12.9. The Hall–Kier alpha value is -6.82. The molecule has 11 aromatic rings. The van der Waals surface area contributed by atoms with Crippen LogP contribution in [0.4, 0.5) is 0 Å². The molecule has 336 valence electrons. The first-order valence-corrected chi connectivity index (χ1v) is 22.7. The average Bonchev–Trinajstić information content (AvgIpc) is 3.96. The van der Waals surface area contributed by atoms with Crippen molar-refractivity contribution in [3.63, 3.8) is 0 Å². The van der Waals surface area contributed by atoms with Crippen molar-refractivity contribution in [2.24, 2.45) is 0 Å². The first-order valence-electron chi connectivity index (χ1n) is 22.7. The van der Waals surface area contributed by atoms with E-state index < -0.39 is 0 Å². The minimum absolute atomic E-state index is 0. The number of rotatable bonds is 6. The summed E-state index contributed by atoms with van der Waals surface area (Å²) in [4.78, 5) is 9.64. The third kappa shape index (κ3) is 7.73. The molecule has 0 aliphatic heterocycles. The Morgan fingerprint density at radius 3 is 1.82 bits per heavy atom. The molecule has 7 nitrogen and oxygen atoms in total. The molecule has 6 aromatic carbocycles. The fraction of sp³-hybridized carbons (Fsp3) is 0.203. The van der Waals surface area contributed by atoms with Crippen LogP contribution in [0.5, 0.6) is 11.5 Å². The topological polar surface area (TPSA) is 53.7 Å². The summed E-state index contributed by atoms with van der Waals surface area (Å²) in [6, 6.07) is 54.9. The summed E-state index contributed by atoms with van der Waals surface area (Å²) in [6.07, 6.45) is 9.08. The molecule has 67 heavy (non-hydrogen) atoms. The summed E-state index contributed by atoms with van der Waals surface area (Å²) >= 11 is 0. The minimum atomic E-state index is -0.0699. The number of hydrogen-bond acceptors (Lipinski definition) is 3. The SMILES string of the molecule is CC(C)(C)c1cc(-[n+]2[c-]n(-c3[c-]c(Oc4[c-]c5c(cc4)c4cc(-n6c7ccccc7c7ccccc76)ccc4n5-c4cc(C(C)(C)C)ccn4)cnc3)c3ccccc32)cc(C(C)(C)C)c1.[Pt]. The Bertz CT molecular complexity index is 3620. The summed E-state index contributed by atoms with van der Waals surface area (Å²) in [5, 5.41) is 4.59. The molecule has 8 heteroatoms. The van der Waals surface area contributed by atoms with E-state index in [4.69, 9.17) is 9.72 Å². The van der Waals surface area contributed by atoms with Crippen LogP contribution in [0.3, 0.4) is 0 Å². The molecule has 0 atom stereocenters. The van der Waals surface area contributed by atoms with E-state index in [1.807, 2.05) is 16.8 Å². The number of nitrogens with zero attached hydrogens (tertiary/aromatic N) is 6. The van der Waals surface area contributed by atoms with Gasteiger partial charge in [0.25, 0.3) is 6.33 Å². The molecule has 0 saturated carbocycles. The van der Waals surface area contributed by atoms with Crippen molar-refractivity contribution in [2.75, 3.05) is 0 Å². The quantitative estimate of drug-likeness (QED) is 0.123. The van der Waals surface area contributed by atoms with Crippen LogP contribution in [-0.4, -0.2) is 23.7 Å². The normalized spacial score (nSPS) is 12.4. The van der Waals surface area contributed by atoms with Gasteiger partial charge in [-0.3, -0.25) is 4.57 Å². The molecular weight excluding hydrogens is 1000 g/mol. The number of imidazole rings is 1. The van der Waals surface area contributed by atoms with E-state index in [-0.39, 0.29) is 37.3 Å². The van der Waals surface area contributed by atoms with Crippen LogP contribution in [0.15, 0.2) is 152 Å². The van der Waals surface area contributed by atoms with Gasteiger partial charge in [0, 0.05) is 60.7 Å². The van der Waals surface area contributed by atoms with Crippen LogP contribution in [0.25, 0.3) is 77.5 Å². The van der Waals surface area contributed by atoms with Crippen molar-refractivity contribution >= 4 is 54.6 Å². The summed E-state index contributed by atoms with van der Waals surface area (Å²) in [6.45, 7) is 20.3. The second-order valence-electron chi connectivity index (χ2n) is 20.6. The number of hydrogen-bond donors (Lipinski definition) is 0. The number of benzene rings is 6. The van der Waals surface area contributed by atoms with Crippen molar-refractivity contribution in [3.05, 3.63) is 187 Å². The Kier molecular flexibility index (Phi) is 10.7. The van der Waals surface area contributed by atoms with Crippen molar-refractivity contribution in [1.82, 2.24) is 23.7 Å². The van der Waals surface area contributed by atoms with Crippen LogP contribution >= 0.6 is 0 Å². The predicted molar refractivity (Wildman–Crippen MR) is 268 cm³/mol. The first-order chi connectivity index (χ1) is 31.6. The Morgan fingerprint density at radius 2 is 1.15 bits per heavy atom. The largest absolute Gasteiger partial charge is 0.508 e. The standard InChI is InChI=1S/C59H52N6O.Pt/c1-57(2,3)38-26-27-61-56(31-38)65-52-25-22-41(64-50-18-12-10-16-46(50)47-17-11-13-19-51(47)64)33-49(52)48-24-23-44(34-55(48)65)66-45-32-43(35-60-36-45)63-37-62(53-20-14-15-21-54(53)63)42-29-39(58(4,5)6)28-40(30-42)59(7,8)9;/h10-31,33,35-36H,1-9H3;/q-2;. The maximum absolute atomic E-state index is 6.66. The van der Waals surface area contributed by atoms with Gasteiger partial charge in [0.05, 0.1) is 27.8 Å². The smallest absolute Gasteiger partial charge is 0.268 e. The summed E-state index contributed by atoms with van der Waals surface area (Å²) < 4.78 is 15.4. The van der Waals surface area contributed by atoms with E-state index in [1.165, 1.54) is 38.5 Å². The van der Waals surface area contributed by atoms with Crippen LogP contribution in [0.2, 0.25) is 0 Å². The van der Waals surface area contributed by atoms with E-state index in [0.29, 0.717) is 17.2 Å². The minimum Gasteiger partial charge on any atom is -0.508 e. The number of fused-ring (bicyclic) bond motifs is 7. The molecular formula is C59H52N6OPt-2. The fourth-order valence-corrected chi connectivity index (χ4v) is 9.24. The van der Waals surface area contributed by atoms with Crippen LogP contribution in [0.1, 0.15) is 79.0 Å². The number of para-hydroxylation sites is 4. The van der Waals surface area contributed by atoms with Gasteiger partial charge in [0.1, 0.15) is 5.82 Å². The van der Waals surface area contributed by atoms with Gasteiger partial charge in [-0.15, -0.1) is 23.6 Å². The molecule has 0 spiro atoms. The Balaban J connectivity index is 0.00000525. The molecule has 0 amide bonds. The molecule has 5 heterocycles.